The van der Waals surface area contributed by atoms with E-state index in [1.54, 1.807) is 0 Å². The highest BCUT2D eigenvalue weighted by Crippen LogP contribution is 2.36. The summed E-state index contributed by atoms with van der Waals surface area (Å²) in [6, 6.07) is 16.3. The first-order chi connectivity index (χ1) is 26.7. The molecule has 1 atom stereocenters. The van der Waals surface area contributed by atoms with Crippen LogP contribution >= 0.6 is 0 Å². The topological polar surface area (TPSA) is 19.4 Å². The number of piperidine rings is 1. The Kier molecular flexibility index (Phi) is 26.5. The summed E-state index contributed by atoms with van der Waals surface area (Å²) in [5, 5.41) is 2.54. The number of hydrogen-bond acceptors (Lipinski definition) is 3. The smallest absolute Gasteiger partial charge is 0.137 e. The fourth-order valence-corrected chi connectivity index (χ4v) is 7.87. The minimum atomic E-state index is 0.605. The summed E-state index contributed by atoms with van der Waals surface area (Å²) >= 11 is 0. The molecule has 2 aromatic carbocycles. The largest absolute Gasteiger partial charge is 0.372 e. The van der Waals surface area contributed by atoms with Gasteiger partial charge in [-0.1, -0.05) is 151 Å². The van der Waals surface area contributed by atoms with E-state index in [1.807, 2.05) is 27.7 Å². The zero-order valence-corrected chi connectivity index (χ0v) is 38.4. The van der Waals surface area contributed by atoms with Gasteiger partial charge < -0.3 is 9.80 Å². The molecular weight excluding hydrogens is 667 g/mol. The molecule has 310 valence electrons. The van der Waals surface area contributed by atoms with Crippen molar-refractivity contribution in [3.8, 4) is 0 Å². The fraction of sp³-hybridized carbons (Fsp3) is 0.635. The molecule has 1 saturated heterocycles. The minimum absolute atomic E-state index is 0.605. The number of aryl methyl sites for hydroxylation is 1. The molecule has 0 amide bonds. The number of rotatable bonds is 14. The molecule has 0 spiro atoms. The van der Waals surface area contributed by atoms with Gasteiger partial charge in [-0.3, -0.25) is 0 Å². The third kappa shape index (κ3) is 16.9. The highest BCUT2D eigenvalue weighted by Gasteiger charge is 2.20. The Hall–Kier alpha value is -3.07. The van der Waals surface area contributed by atoms with Crippen molar-refractivity contribution in [1.82, 2.24) is 4.98 Å². The van der Waals surface area contributed by atoms with Crippen LogP contribution in [0, 0.1) is 12.8 Å². The standard InChI is InChI=1S/C35H49N3.C7H14.C6H12.2C2H6/c1-7-14-28(10-4)29-16-15-26(5)32(23-29)27(6)34-24-30-17-18-31(37(19-8-2)20-9-3)25-33(30)35(36-34)38-21-12-11-13-22-38;1-7-5-3-2-4-6-7;1-4-5-6(2)3;2*1-2/h15-18,23-25,28H,6-14,19-22H2,1-5H3;7H,2-6H2,1H3;2,4-5H2,1,3H3;2*1-2H3. The molecule has 0 bridgehead atoms. The first-order valence-electron chi connectivity index (χ1n) is 23.1. The Morgan fingerprint density at radius 3 is 1.89 bits per heavy atom. The fourth-order valence-electron chi connectivity index (χ4n) is 7.87. The molecule has 0 N–H and O–H groups in total. The van der Waals surface area contributed by atoms with E-state index in [-0.39, 0.29) is 0 Å². The van der Waals surface area contributed by atoms with Crippen molar-refractivity contribution < 1.29 is 0 Å². The number of hydrogen-bond donors (Lipinski definition) is 0. The minimum Gasteiger partial charge on any atom is -0.372 e. The Morgan fingerprint density at radius 1 is 0.782 bits per heavy atom. The van der Waals surface area contributed by atoms with Crippen LogP contribution in [-0.4, -0.2) is 31.2 Å². The third-order valence-electron chi connectivity index (χ3n) is 10.9. The van der Waals surface area contributed by atoms with Crippen LogP contribution in [-0.2, 0) is 0 Å². The van der Waals surface area contributed by atoms with Crippen LogP contribution in [0.5, 0.6) is 0 Å². The Labute approximate surface area is 342 Å². The molecule has 2 fully saturated rings. The van der Waals surface area contributed by atoms with Crippen LogP contribution in [0.4, 0.5) is 11.5 Å². The SMILES string of the molecule is C=C(C)CCC.C=C(c1cc2ccc(N(CCC)CCC)cc2c(N2CCCCC2)n1)c1cc(C(CC)CCC)ccc1C.CC.CC.CC1CCCCC1. The van der Waals surface area contributed by atoms with Gasteiger partial charge in [0.1, 0.15) is 5.82 Å². The van der Waals surface area contributed by atoms with Gasteiger partial charge in [-0.2, -0.15) is 0 Å². The van der Waals surface area contributed by atoms with E-state index in [1.165, 1.54) is 122 Å². The first-order valence-corrected chi connectivity index (χ1v) is 23.1. The molecule has 55 heavy (non-hydrogen) atoms. The summed E-state index contributed by atoms with van der Waals surface area (Å²) in [5.74, 6) is 2.78. The molecule has 3 aromatic rings. The van der Waals surface area contributed by atoms with E-state index >= 15 is 0 Å². The Morgan fingerprint density at radius 2 is 1.40 bits per heavy atom. The second-order valence-corrected chi connectivity index (χ2v) is 15.7. The van der Waals surface area contributed by atoms with E-state index in [0.717, 1.165) is 62.0 Å². The van der Waals surface area contributed by atoms with E-state index in [2.05, 4.69) is 121 Å². The molecule has 1 saturated carbocycles. The van der Waals surface area contributed by atoms with E-state index in [4.69, 9.17) is 4.98 Å². The quantitative estimate of drug-likeness (QED) is 0.153. The molecule has 2 aliphatic rings. The second-order valence-electron chi connectivity index (χ2n) is 15.7. The van der Waals surface area contributed by atoms with E-state index in [9.17, 15) is 0 Å². The average Bonchev–Trinajstić information content (AvgIpc) is 3.22. The summed E-state index contributed by atoms with van der Waals surface area (Å²) in [4.78, 5) is 10.4. The van der Waals surface area contributed by atoms with Crippen LogP contribution in [0.2, 0.25) is 0 Å². The van der Waals surface area contributed by atoms with E-state index in [0.29, 0.717) is 5.92 Å². The maximum Gasteiger partial charge on any atom is 0.137 e. The van der Waals surface area contributed by atoms with Crippen molar-refractivity contribution >= 4 is 27.9 Å². The van der Waals surface area contributed by atoms with Gasteiger partial charge in [-0.25, -0.2) is 4.98 Å². The number of aromatic nitrogens is 1. The zero-order valence-electron chi connectivity index (χ0n) is 38.4. The zero-order chi connectivity index (χ0) is 41.2. The predicted octanol–water partition coefficient (Wildman–Crippen LogP) is 16.5. The van der Waals surface area contributed by atoms with Crippen LogP contribution in [0.25, 0.3) is 16.3 Å². The number of fused-ring (bicyclic) bond motifs is 1. The van der Waals surface area contributed by atoms with Crippen molar-refractivity contribution in [3.05, 3.63) is 83.6 Å². The third-order valence-corrected chi connectivity index (χ3v) is 10.9. The maximum absolute atomic E-state index is 5.37. The van der Waals surface area contributed by atoms with Gasteiger partial charge >= 0.3 is 0 Å². The van der Waals surface area contributed by atoms with Crippen LogP contribution in [0.1, 0.15) is 201 Å². The van der Waals surface area contributed by atoms with Crippen LogP contribution in [0.15, 0.2) is 61.2 Å². The summed E-state index contributed by atoms with van der Waals surface area (Å²) in [5.41, 5.74) is 8.60. The van der Waals surface area contributed by atoms with Crippen molar-refractivity contribution in [2.45, 2.75) is 185 Å². The predicted molar refractivity (Wildman–Crippen MR) is 253 cm³/mol. The lowest BCUT2D eigenvalue weighted by molar-refractivity contribution is 0.385. The van der Waals surface area contributed by atoms with Crippen LogP contribution < -0.4 is 9.80 Å². The molecule has 5 rings (SSSR count). The van der Waals surface area contributed by atoms with Gasteiger partial charge in [0.2, 0.25) is 0 Å². The molecule has 1 unspecified atom stereocenters. The molecule has 0 radical (unpaired) electrons. The first kappa shape index (κ1) is 49.9. The Balaban J connectivity index is 0.000000742. The maximum atomic E-state index is 5.37. The molecular formula is C52H87N3. The highest BCUT2D eigenvalue weighted by atomic mass is 15.2. The number of anilines is 2. The summed E-state index contributed by atoms with van der Waals surface area (Å²) in [7, 11) is 0. The number of nitrogens with zero attached hydrogens (tertiary/aromatic N) is 3. The van der Waals surface area contributed by atoms with Crippen molar-refractivity contribution in [2.75, 3.05) is 36.0 Å². The monoisotopic (exact) mass is 754 g/mol. The van der Waals surface area contributed by atoms with E-state index < -0.39 is 0 Å². The number of benzene rings is 2. The van der Waals surface area contributed by atoms with Crippen molar-refractivity contribution in [3.63, 3.8) is 0 Å². The lowest BCUT2D eigenvalue weighted by Crippen LogP contribution is -2.30. The summed E-state index contributed by atoms with van der Waals surface area (Å²) in [6.07, 6.45) is 19.6. The van der Waals surface area contributed by atoms with Gasteiger partial charge in [0.05, 0.1) is 5.69 Å². The summed E-state index contributed by atoms with van der Waals surface area (Å²) < 4.78 is 0. The molecule has 3 nitrogen and oxygen atoms in total. The lowest BCUT2D eigenvalue weighted by atomic mass is 9.88. The van der Waals surface area contributed by atoms with Gasteiger partial charge in [0, 0.05) is 42.8 Å². The molecule has 2 heterocycles. The molecule has 1 aliphatic heterocycles. The number of pyridine rings is 1. The Bertz CT molecular complexity index is 1470. The number of allylic oxidation sites excluding steroid dienone is 1. The molecule has 1 aromatic heterocycles. The van der Waals surface area contributed by atoms with Gasteiger partial charge in [0.15, 0.2) is 0 Å². The molecule has 1 aliphatic carbocycles. The highest BCUT2D eigenvalue weighted by molar-refractivity contribution is 5.97. The van der Waals surface area contributed by atoms with Crippen molar-refractivity contribution in [2.24, 2.45) is 5.92 Å². The summed E-state index contributed by atoms with van der Waals surface area (Å²) in [6.45, 7) is 38.6. The van der Waals surface area contributed by atoms with Crippen LogP contribution in [0.3, 0.4) is 0 Å². The normalized spacial score (nSPS) is 14.4. The van der Waals surface area contributed by atoms with Gasteiger partial charge in [-0.05, 0) is 117 Å². The van der Waals surface area contributed by atoms with Crippen molar-refractivity contribution in [1.29, 1.82) is 0 Å². The van der Waals surface area contributed by atoms with Gasteiger partial charge in [0.25, 0.3) is 0 Å². The average molecular weight is 754 g/mol. The molecule has 3 heteroatoms. The second kappa shape index (κ2) is 29.2. The lowest BCUT2D eigenvalue weighted by Gasteiger charge is -2.30. The van der Waals surface area contributed by atoms with Gasteiger partial charge in [-0.15, -0.1) is 6.58 Å².